The minimum Gasteiger partial charge on any atom is -0.395 e. The molecule has 1 unspecified atom stereocenters. The fraction of sp³-hybridized carbons (Fsp3) is 0.412. The molecule has 1 atom stereocenters. The molecule has 0 fully saturated rings. The Morgan fingerprint density at radius 1 is 1.28 bits per heavy atom. The average Bonchev–Trinajstić information content (AvgIpc) is 2.59. The standard InChI is InChI=1S/C17H22N4O4/c1-13-11-17(2,20(12-23)9-10-22)8-7-16(13)19-18-14-3-5-15(6-4-14)21(24)25/h3-8,22-23H,9-12H2,1-2H3. The van der Waals surface area contributed by atoms with Gasteiger partial charge in [0, 0.05) is 24.2 Å². The molecule has 2 rings (SSSR count). The fourth-order valence-corrected chi connectivity index (χ4v) is 2.78. The third-order valence-corrected chi connectivity index (χ3v) is 4.26. The van der Waals surface area contributed by atoms with Crippen molar-refractivity contribution < 1.29 is 15.1 Å². The second-order valence-corrected chi connectivity index (χ2v) is 6.13. The number of nitro groups is 1. The molecule has 0 aromatic heterocycles. The highest BCUT2D eigenvalue weighted by atomic mass is 16.6. The predicted molar refractivity (Wildman–Crippen MR) is 93.4 cm³/mol. The first-order chi connectivity index (χ1) is 11.9. The van der Waals surface area contributed by atoms with E-state index in [4.69, 9.17) is 5.11 Å². The molecule has 25 heavy (non-hydrogen) atoms. The van der Waals surface area contributed by atoms with Crippen LogP contribution in [0, 0.1) is 10.1 Å². The lowest BCUT2D eigenvalue weighted by Gasteiger charge is -2.39. The molecular weight excluding hydrogens is 324 g/mol. The number of azo groups is 1. The van der Waals surface area contributed by atoms with Crippen LogP contribution in [0.25, 0.3) is 0 Å². The van der Waals surface area contributed by atoms with Crippen LogP contribution < -0.4 is 0 Å². The van der Waals surface area contributed by atoms with Crippen molar-refractivity contribution in [2.24, 2.45) is 10.2 Å². The SMILES string of the molecule is CC1=C(N=Nc2ccc([N+](=O)[O-])cc2)C=CC(C)(N(CO)CCO)C1. The van der Waals surface area contributed by atoms with Gasteiger partial charge in [0.25, 0.3) is 5.69 Å². The summed E-state index contributed by atoms with van der Waals surface area (Å²) in [5.41, 5.74) is 1.87. The van der Waals surface area contributed by atoms with Gasteiger partial charge in [-0.15, -0.1) is 0 Å². The van der Waals surface area contributed by atoms with Crippen LogP contribution in [-0.4, -0.2) is 45.5 Å². The van der Waals surface area contributed by atoms with Crippen molar-refractivity contribution in [3.8, 4) is 0 Å². The lowest BCUT2D eigenvalue weighted by atomic mass is 9.86. The van der Waals surface area contributed by atoms with Crippen LogP contribution in [0.15, 0.2) is 57.9 Å². The average molecular weight is 346 g/mol. The summed E-state index contributed by atoms with van der Waals surface area (Å²) in [6.07, 6.45) is 4.43. The van der Waals surface area contributed by atoms with Crippen LogP contribution in [0.1, 0.15) is 20.3 Å². The second-order valence-electron chi connectivity index (χ2n) is 6.13. The molecule has 0 heterocycles. The van der Waals surface area contributed by atoms with Gasteiger partial charge in [-0.3, -0.25) is 15.0 Å². The van der Waals surface area contributed by atoms with Crippen LogP contribution in [0.2, 0.25) is 0 Å². The van der Waals surface area contributed by atoms with Crippen molar-refractivity contribution in [1.29, 1.82) is 0 Å². The first-order valence-electron chi connectivity index (χ1n) is 7.91. The minimum absolute atomic E-state index is 0.00986. The van der Waals surface area contributed by atoms with Crippen LogP contribution >= 0.6 is 0 Å². The highest BCUT2D eigenvalue weighted by molar-refractivity contribution is 5.44. The monoisotopic (exact) mass is 346 g/mol. The van der Waals surface area contributed by atoms with Crippen molar-refractivity contribution in [1.82, 2.24) is 4.90 Å². The number of β-amino-alcohol motifs (C(OH)–C–C–N with tert-alkyl or cyclic N) is 1. The Bertz CT molecular complexity index is 712. The first kappa shape index (κ1) is 18.9. The van der Waals surface area contributed by atoms with E-state index in [0.717, 1.165) is 11.3 Å². The van der Waals surface area contributed by atoms with E-state index >= 15 is 0 Å². The molecule has 0 bridgehead atoms. The van der Waals surface area contributed by atoms with Crippen molar-refractivity contribution >= 4 is 11.4 Å². The van der Waals surface area contributed by atoms with E-state index in [0.29, 0.717) is 18.7 Å². The van der Waals surface area contributed by atoms with Gasteiger partial charge in [0.05, 0.1) is 29.6 Å². The molecule has 1 aromatic rings. The number of nitrogens with zero attached hydrogens (tertiary/aromatic N) is 4. The van der Waals surface area contributed by atoms with Crippen molar-refractivity contribution in [3.05, 3.63) is 57.8 Å². The lowest BCUT2D eigenvalue weighted by molar-refractivity contribution is -0.384. The van der Waals surface area contributed by atoms with Crippen LogP contribution in [-0.2, 0) is 0 Å². The summed E-state index contributed by atoms with van der Waals surface area (Å²) in [4.78, 5) is 12.0. The molecule has 2 N–H and O–H groups in total. The van der Waals surface area contributed by atoms with Gasteiger partial charge in [0.2, 0.25) is 0 Å². The summed E-state index contributed by atoms with van der Waals surface area (Å²) in [6.45, 7) is 4.14. The maximum Gasteiger partial charge on any atom is 0.269 e. The highest BCUT2D eigenvalue weighted by Crippen LogP contribution is 2.32. The van der Waals surface area contributed by atoms with Crippen LogP contribution in [0.5, 0.6) is 0 Å². The fourth-order valence-electron chi connectivity index (χ4n) is 2.78. The van der Waals surface area contributed by atoms with Gasteiger partial charge in [-0.1, -0.05) is 6.08 Å². The zero-order valence-electron chi connectivity index (χ0n) is 14.3. The number of nitro benzene ring substituents is 1. The molecule has 0 amide bonds. The number of non-ortho nitro benzene ring substituents is 1. The number of hydrogen-bond acceptors (Lipinski definition) is 7. The molecule has 1 aliphatic rings. The zero-order valence-corrected chi connectivity index (χ0v) is 14.3. The normalized spacial score (nSPS) is 20.7. The van der Waals surface area contributed by atoms with Crippen molar-refractivity contribution in [3.63, 3.8) is 0 Å². The Hall–Kier alpha value is -2.42. The van der Waals surface area contributed by atoms with E-state index in [1.54, 1.807) is 17.0 Å². The smallest absolute Gasteiger partial charge is 0.269 e. The maximum absolute atomic E-state index is 10.6. The third-order valence-electron chi connectivity index (χ3n) is 4.26. The van der Waals surface area contributed by atoms with Gasteiger partial charge in [0.15, 0.2) is 0 Å². The number of aliphatic hydroxyl groups is 2. The molecule has 0 radical (unpaired) electrons. The number of hydrogen-bond donors (Lipinski definition) is 2. The Morgan fingerprint density at radius 3 is 2.48 bits per heavy atom. The molecule has 8 nitrogen and oxygen atoms in total. The molecule has 1 aromatic carbocycles. The van der Waals surface area contributed by atoms with Gasteiger partial charge >= 0.3 is 0 Å². The number of allylic oxidation sites excluding steroid dienone is 1. The molecule has 8 heteroatoms. The lowest BCUT2D eigenvalue weighted by Crippen LogP contribution is -2.47. The van der Waals surface area contributed by atoms with Crippen molar-refractivity contribution in [2.45, 2.75) is 25.8 Å². The largest absolute Gasteiger partial charge is 0.395 e. The molecule has 0 saturated heterocycles. The molecular formula is C17H22N4O4. The van der Waals surface area contributed by atoms with Gasteiger partial charge in [0.1, 0.15) is 0 Å². The van der Waals surface area contributed by atoms with Crippen LogP contribution in [0.3, 0.4) is 0 Å². The van der Waals surface area contributed by atoms with Crippen molar-refractivity contribution in [2.75, 3.05) is 19.9 Å². The maximum atomic E-state index is 10.6. The summed E-state index contributed by atoms with van der Waals surface area (Å²) in [6, 6.07) is 5.86. The van der Waals surface area contributed by atoms with E-state index in [-0.39, 0.29) is 19.0 Å². The summed E-state index contributed by atoms with van der Waals surface area (Å²) in [5.74, 6) is 0. The Labute approximate surface area is 146 Å². The molecule has 0 spiro atoms. The van der Waals surface area contributed by atoms with E-state index < -0.39 is 10.5 Å². The van der Waals surface area contributed by atoms with Gasteiger partial charge in [-0.2, -0.15) is 10.2 Å². The highest BCUT2D eigenvalue weighted by Gasteiger charge is 2.31. The second kappa shape index (κ2) is 8.11. The molecule has 1 aliphatic carbocycles. The summed E-state index contributed by atoms with van der Waals surface area (Å²) in [7, 11) is 0. The number of benzene rings is 1. The van der Waals surface area contributed by atoms with Crippen LogP contribution in [0.4, 0.5) is 11.4 Å². The summed E-state index contributed by atoms with van der Waals surface area (Å²) < 4.78 is 0. The Balaban J connectivity index is 2.12. The summed E-state index contributed by atoms with van der Waals surface area (Å²) in [5, 5.41) is 37.6. The zero-order chi connectivity index (χ0) is 18.4. The number of aliphatic hydroxyl groups excluding tert-OH is 2. The first-order valence-corrected chi connectivity index (χ1v) is 7.91. The van der Waals surface area contributed by atoms with E-state index in [9.17, 15) is 15.2 Å². The topological polar surface area (TPSA) is 112 Å². The van der Waals surface area contributed by atoms with Gasteiger partial charge < -0.3 is 10.2 Å². The van der Waals surface area contributed by atoms with Gasteiger partial charge in [-0.25, -0.2) is 0 Å². The number of rotatable bonds is 7. The molecule has 0 saturated carbocycles. The molecule has 134 valence electrons. The predicted octanol–water partition coefficient (Wildman–Crippen LogP) is 2.92. The summed E-state index contributed by atoms with van der Waals surface area (Å²) >= 11 is 0. The minimum atomic E-state index is -0.461. The third kappa shape index (κ3) is 4.56. The molecule has 0 aliphatic heterocycles. The van der Waals surface area contributed by atoms with E-state index in [1.807, 2.05) is 26.0 Å². The van der Waals surface area contributed by atoms with E-state index in [1.165, 1.54) is 12.1 Å². The Kier molecular flexibility index (Phi) is 6.13. The van der Waals surface area contributed by atoms with Gasteiger partial charge in [-0.05, 0) is 44.1 Å². The van der Waals surface area contributed by atoms with E-state index in [2.05, 4.69) is 10.2 Å². The quantitative estimate of drug-likeness (QED) is 0.341. The Morgan fingerprint density at radius 2 is 1.96 bits per heavy atom.